The molecule has 0 radical (unpaired) electrons. The average molecular weight is 241 g/mol. The molecule has 0 N–H and O–H groups in total. The van der Waals surface area contributed by atoms with Gasteiger partial charge in [0.15, 0.2) is 0 Å². The molecule has 4 heteroatoms. The predicted molar refractivity (Wildman–Crippen MR) is 62.7 cm³/mol. The van der Waals surface area contributed by atoms with E-state index in [-0.39, 0.29) is 11.2 Å². The minimum Gasteiger partial charge on any atom is -0.229 e. The van der Waals surface area contributed by atoms with Gasteiger partial charge in [-0.15, -0.1) is 11.6 Å². The van der Waals surface area contributed by atoms with Gasteiger partial charge < -0.3 is 0 Å². The standard InChI is InChI=1S/C10H21ClO2S/c1-4-7-14(12,13)8-6-10(3,5-2)9-11/h4-9H2,1-3H3. The third kappa shape index (κ3) is 5.20. The third-order valence-electron chi connectivity index (χ3n) is 2.71. The van der Waals surface area contributed by atoms with Crippen LogP contribution in [-0.2, 0) is 9.84 Å². The zero-order chi connectivity index (χ0) is 11.2. The molecule has 2 nitrogen and oxygen atoms in total. The Hall–Kier alpha value is 0.240. The highest BCUT2D eigenvalue weighted by Crippen LogP contribution is 2.27. The Kier molecular flexibility index (Phi) is 6.06. The van der Waals surface area contributed by atoms with Crippen molar-refractivity contribution in [2.75, 3.05) is 17.4 Å². The van der Waals surface area contributed by atoms with Gasteiger partial charge in [0.25, 0.3) is 0 Å². The Morgan fingerprint density at radius 3 is 2.14 bits per heavy atom. The number of halogens is 1. The van der Waals surface area contributed by atoms with Gasteiger partial charge in [-0.1, -0.05) is 20.8 Å². The van der Waals surface area contributed by atoms with Crippen LogP contribution in [0.4, 0.5) is 0 Å². The Morgan fingerprint density at radius 2 is 1.79 bits per heavy atom. The van der Waals surface area contributed by atoms with Crippen LogP contribution in [0.3, 0.4) is 0 Å². The molecule has 0 fully saturated rings. The van der Waals surface area contributed by atoms with E-state index in [0.717, 1.165) is 6.42 Å². The summed E-state index contributed by atoms with van der Waals surface area (Å²) < 4.78 is 22.9. The van der Waals surface area contributed by atoms with Gasteiger partial charge in [-0.2, -0.15) is 0 Å². The Balaban J connectivity index is 4.16. The zero-order valence-electron chi connectivity index (χ0n) is 9.35. The number of rotatable bonds is 7. The first-order chi connectivity index (χ1) is 6.39. The lowest BCUT2D eigenvalue weighted by atomic mass is 9.87. The fourth-order valence-electron chi connectivity index (χ4n) is 1.15. The van der Waals surface area contributed by atoms with E-state index in [0.29, 0.717) is 24.5 Å². The Morgan fingerprint density at radius 1 is 1.21 bits per heavy atom. The first-order valence-corrected chi connectivity index (χ1v) is 7.51. The van der Waals surface area contributed by atoms with Crippen LogP contribution in [0.15, 0.2) is 0 Å². The number of alkyl halides is 1. The first-order valence-electron chi connectivity index (χ1n) is 5.15. The normalized spacial score (nSPS) is 16.6. The molecule has 0 amide bonds. The van der Waals surface area contributed by atoms with Gasteiger partial charge in [-0.05, 0) is 24.7 Å². The maximum Gasteiger partial charge on any atom is 0.150 e. The molecule has 0 aliphatic carbocycles. The first kappa shape index (κ1) is 14.2. The molecule has 0 rings (SSSR count). The van der Waals surface area contributed by atoms with Crippen molar-refractivity contribution >= 4 is 21.4 Å². The van der Waals surface area contributed by atoms with Crippen molar-refractivity contribution in [1.29, 1.82) is 0 Å². The molecular formula is C10H21ClO2S. The van der Waals surface area contributed by atoms with Crippen molar-refractivity contribution in [2.24, 2.45) is 5.41 Å². The van der Waals surface area contributed by atoms with Crippen molar-refractivity contribution in [3.05, 3.63) is 0 Å². The van der Waals surface area contributed by atoms with Gasteiger partial charge >= 0.3 is 0 Å². The molecule has 1 unspecified atom stereocenters. The van der Waals surface area contributed by atoms with E-state index in [2.05, 4.69) is 6.92 Å². The smallest absolute Gasteiger partial charge is 0.150 e. The maximum absolute atomic E-state index is 11.5. The second kappa shape index (κ2) is 5.96. The largest absolute Gasteiger partial charge is 0.229 e. The van der Waals surface area contributed by atoms with Gasteiger partial charge in [0, 0.05) is 11.6 Å². The summed E-state index contributed by atoms with van der Waals surface area (Å²) in [6.45, 7) is 5.98. The fourth-order valence-corrected chi connectivity index (χ4v) is 3.11. The summed E-state index contributed by atoms with van der Waals surface area (Å²) in [6.07, 6.45) is 2.31. The Bertz CT molecular complexity index is 243. The van der Waals surface area contributed by atoms with Crippen LogP contribution in [0.2, 0.25) is 0 Å². The van der Waals surface area contributed by atoms with Gasteiger partial charge in [-0.3, -0.25) is 0 Å². The van der Waals surface area contributed by atoms with Gasteiger partial charge in [0.05, 0.1) is 5.75 Å². The number of sulfone groups is 1. The van der Waals surface area contributed by atoms with Gasteiger partial charge in [-0.25, -0.2) is 8.42 Å². The van der Waals surface area contributed by atoms with Crippen molar-refractivity contribution in [2.45, 2.75) is 40.0 Å². The Labute approximate surface area is 93.0 Å². The van der Waals surface area contributed by atoms with E-state index in [4.69, 9.17) is 11.6 Å². The summed E-state index contributed by atoms with van der Waals surface area (Å²) in [5, 5.41) is 0. The van der Waals surface area contributed by atoms with E-state index in [1.807, 2.05) is 13.8 Å². The van der Waals surface area contributed by atoms with E-state index in [9.17, 15) is 8.42 Å². The minimum absolute atomic E-state index is 0.0254. The lowest BCUT2D eigenvalue weighted by Crippen LogP contribution is -2.23. The molecule has 1 atom stereocenters. The lowest BCUT2D eigenvalue weighted by Gasteiger charge is -2.24. The molecule has 0 aromatic carbocycles. The van der Waals surface area contributed by atoms with Crippen LogP contribution in [0, 0.1) is 5.41 Å². The monoisotopic (exact) mass is 240 g/mol. The number of hydrogen-bond acceptors (Lipinski definition) is 2. The molecular weight excluding hydrogens is 220 g/mol. The molecule has 0 aliphatic rings. The lowest BCUT2D eigenvalue weighted by molar-refractivity contribution is 0.344. The van der Waals surface area contributed by atoms with E-state index in [1.165, 1.54) is 0 Å². The molecule has 0 saturated carbocycles. The van der Waals surface area contributed by atoms with E-state index in [1.54, 1.807) is 0 Å². The molecule has 0 heterocycles. The third-order valence-corrected chi connectivity index (χ3v) is 5.21. The molecule has 86 valence electrons. The molecule has 0 aromatic rings. The second-order valence-corrected chi connectivity index (χ2v) is 6.77. The molecule has 0 aromatic heterocycles. The SMILES string of the molecule is CCCS(=O)(=O)CCC(C)(CC)CCl. The maximum atomic E-state index is 11.5. The van der Waals surface area contributed by atoms with Gasteiger partial charge in [0.1, 0.15) is 9.84 Å². The number of hydrogen-bond donors (Lipinski definition) is 0. The molecule has 14 heavy (non-hydrogen) atoms. The van der Waals surface area contributed by atoms with Crippen LogP contribution >= 0.6 is 11.6 Å². The molecule has 0 bridgehead atoms. The second-order valence-electron chi connectivity index (χ2n) is 4.20. The van der Waals surface area contributed by atoms with Crippen molar-refractivity contribution < 1.29 is 8.42 Å². The van der Waals surface area contributed by atoms with Crippen LogP contribution < -0.4 is 0 Å². The van der Waals surface area contributed by atoms with Crippen LogP contribution in [-0.4, -0.2) is 25.8 Å². The van der Waals surface area contributed by atoms with E-state index >= 15 is 0 Å². The summed E-state index contributed by atoms with van der Waals surface area (Å²) >= 11 is 5.82. The predicted octanol–water partition coefficient (Wildman–Crippen LogP) is 2.86. The fraction of sp³-hybridized carbons (Fsp3) is 1.00. The van der Waals surface area contributed by atoms with Crippen LogP contribution in [0.1, 0.15) is 40.0 Å². The van der Waals surface area contributed by atoms with Crippen LogP contribution in [0.25, 0.3) is 0 Å². The highest BCUT2D eigenvalue weighted by atomic mass is 35.5. The molecule has 0 saturated heterocycles. The van der Waals surface area contributed by atoms with Crippen LogP contribution in [0.5, 0.6) is 0 Å². The summed E-state index contributed by atoms with van der Waals surface area (Å²) in [4.78, 5) is 0. The zero-order valence-corrected chi connectivity index (χ0v) is 10.9. The average Bonchev–Trinajstić information content (AvgIpc) is 2.14. The summed E-state index contributed by atoms with van der Waals surface area (Å²) in [5.41, 5.74) is -0.0254. The molecule has 0 spiro atoms. The highest BCUT2D eigenvalue weighted by molar-refractivity contribution is 7.91. The summed E-state index contributed by atoms with van der Waals surface area (Å²) in [7, 11) is -2.84. The summed E-state index contributed by atoms with van der Waals surface area (Å²) in [6, 6.07) is 0. The molecule has 0 aliphatic heterocycles. The van der Waals surface area contributed by atoms with E-state index < -0.39 is 9.84 Å². The van der Waals surface area contributed by atoms with Crippen molar-refractivity contribution in [3.63, 3.8) is 0 Å². The quantitative estimate of drug-likeness (QED) is 0.642. The van der Waals surface area contributed by atoms with Crippen molar-refractivity contribution in [1.82, 2.24) is 0 Å². The van der Waals surface area contributed by atoms with Crippen molar-refractivity contribution in [3.8, 4) is 0 Å². The minimum atomic E-state index is -2.84. The van der Waals surface area contributed by atoms with Gasteiger partial charge in [0.2, 0.25) is 0 Å². The topological polar surface area (TPSA) is 34.1 Å². The summed E-state index contributed by atoms with van der Waals surface area (Å²) in [5.74, 6) is 1.11. The highest BCUT2D eigenvalue weighted by Gasteiger charge is 2.23.